The molecule has 7 nitrogen and oxygen atoms in total. The lowest BCUT2D eigenvalue weighted by Gasteiger charge is -2.22. The van der Waals surface area contributed by atoms with Crippen LogP contribution in [0, 0.1) is 0 Å². The van der Waals surface area contributed by atoms with Gasteiger partial charge >= 0.3 is 11.3 Å². The first kappa shape index (κ1) is 24.1. The summed E-state index contributed by atoms with van der Waals surface area (Å²) in [5.74, 6) is -1.66. The first-order valence-corrected chi connectivity index (χ1v) is 12.3. The van der Waals surface area contributed by atoms with Crippen molar-refractivity contribution in [3.05, 3.63) is 146 Å². The minimum atomic E-state index is -1.28. The molecule has 0 saturated heterocycles. The Kier molecular flexibility index (Phi) is 6.09. The summed E-state index contributed by atoms with van der Waals surface area (Å²) in [7, 11) is 0. The highest BCUT2D eigenvalue weighted by molar-refractivity contribution is 5.87. The molecule has 2 N–H and O–H groups in total. The van der Waals surface area contributed by atoms with Gasteiger partial charge in [0.1, 0.15) is 35.0 Å². The van der Waals surface area contributed by atoms with Crippen LogP contribution in [0.15, 0.2) is 122 Å². The smallest absolute Gasteiger partial charge is 0.344 e. The molecule has 0 amide bonds. The van der Waals surface area contributed by atoms with Gasteiger partial charge in [0.15, 0.2) is 0 Å². The van der Waals surface area contributed by atoms with E-state index in [-0.39, 0.29) is 51.2 Å². The number of benzene rings is 4. The first-order chi connectivity index (χ1) is 19.0. The van der Waals surface area contributed by atoms with Crippen molar-refractivity contribution >= 4 is 21.9 Å². The van der Waals surface area contributed by atoms with Gasteiger partial charge in [0.2, 0.25) is 0 Å². The Bertz CT molecular complexity index is 1840. The number of rotatable bonds is 6. The third-order valence-electron chi connectivity index (χ3n) is 6.68. The van der Waals surface area contributed by atoms with Crippen LogP contribution in [-0.4, -0.2) is 10.2 Å². The van der Waals surface area contributed by atoms with Crippen molar-refractivity contribution in [2.75, 3.05) is 0 Å². The van der Waals surface area contributed by atoms with Gasteiger partial charge in [-0.3, -0.25) is 0 Å². The minimum absolute atomic E-state index is 0.186. The fourth-order valence-corrected chi connectivity index (χ4v) is 4.85. The van der Waals surface area contributed by atoms with Gasteiger partial charge in [0.25, 0.3) is 0 Å². The molecule has 0 aliphatic heterocycles. The second-order valence-corrected chi connectivity index (χ2v) is 9.04. The summed E-state index contributed by atoms with van der Waals surface area (Å²) in [5, 5.41) is 23.4. The van der Waals surface area contributed by atoms with E-state index in [9.17, 15) is 19.8 Å². The van der Waals surface area contributed by atoms with Crippen LogP contribution in [0.2, 0.25) is 0 Å². The molecule has 0 bridgehead atoms. The second kappa shape index (κ2) is 9.87. The Morgan fingerprint density at radius 3 is 1.69 bits per heavy atom. The SMILES string of the molecule is O=c1oc2ccccc2c(O)c1C(c1ccccc1OCc1ccccc1)c1c(O)c2ccccc2oc1=O. The van der Waals surface area contributed by atoms with E-state index in [0.717, 1.165) is 5.56 Å². The molecular weight excluding hydrogens is 496 g/mol. The fourth-order valence-electron chi connectivity index (χ4n) is 4.85. The molecular formula is C32H22O7. The Balaban J connectivity index is 1.64. The summed E-state index contributed by atoms with van der Waals surface area (Å²) in [6, 6.07) is 29.4. The number of ether oxygens (including phenoxy) is 1. The zero-order valence-electron chi connectivity index (χ0n) is 20.5. The van der Waals surface area contributed by atoms with E-state index in [0.29, 0.717) is 11.3 Å². The largest absolute Gasteiger partial charge is 0.507 e. The molecule has 2 heterocycles. The maximum atomic E-state index is 13.4. The van der Waals surface area contributed by atoms with Gasteiger partial charge in [0, 0.05) is 5.56 Å². The van der Waals surface area contributed by atoms with Gasteiger partial charge in [-0.1, -0.05) is 72.8 Å². The number of para-hydroxylation sites is 3. The van der Waals surface area contributed by atoms with Crippen molar-refractivity contribution in [1.29, 1.82) is 0 Å². The van der Waals surface area contributed by atoms with Crippen molar-refractivity contribution in [2.24, 2.45) is 0 Å². The zero-order valence-corrected chi connectivity index (χ0v) is 20.5. The molecule has 0 radical (unpaired) electrons. The molecule has 6 aromatic rings. The molecule has 0 atom stereocenters. The normalized spacial score (nSPS) is 11.3. The van der Waals surface area contributed by atoms with E-state index in [2.05, 4.69) is 0 Å². The number of hydrogen-bond donors (Lipinski definition) is 2. The first-order valence-electron chi connectivity index (χ1n) is 12.3. The summed E-state index contributed by atoms with van der Waals surface area (Å²) in [4.78, 5) is 26.9. The molecule has 192 valence electrons. The van der Waals surface area contributed by atoms with E-state index in [1.54, 1.807) is 72.8 Å². The molecule has 39 heavy (non-hydrogen) atoms. The van der Waals surface area contributed by atoms with Crippen molar-refractivity contribution in [2.45, 2.75) is 12.5 Å². The molecule has 0 spiro atoms. The van der Waals surface area contributed by atoms with Gasteiger partial charge < -0.3 is 23.8 Å². The monoisotopic (exact) mass is 518 g/mol. The van der Waals surface area contributed by atoms with Crippen LogP contribution < -0.4 is 16.0 Å². The van der Waals surface area contributed by atoms with E-state index in [4.69, 9.17) is 13.6 Å². The highest BCUT2D eigenvalue weighted by Crippen LogP contribution is 2.44. The summed E-state index contributed by atoms with van der Waals surface area (Å²) in [6.45, 7) is 0.210. The Labute approximate surface area is 221 Å². The molecule has 0 fully saturated rings. The van der Waals surface area contributed by atoms with Gasteiger partial charge in [-0.2, -0.15) is 0 Å². The summed E-state index contributed by atoms with van der Waals surface area (Å²) >= 11 is 0. The van der Waals surface area contributed by atoms with Crippen LogP contribution in [0.5, 0.6) is 17.2 Å². The quantitative estimate of drug-likeness (QED) is 0.258. The summed E-state index contributed by atoms with van der Waals surface area (Å²) < 4.78 is 17.3. The van der Waals surface area contributed by atoms with E-state index in [1.807, 2.05) is 30.3 Å². The lowest BCUT2D eigenvalue weighted by molar-refractivity contribution is 0.302. The summed E-state index contributed by atoms with van der Waals surface area (Å²) in [5.41, 5.74) is -0.516. The Morgan fingerprint density at radius 2 is 1.10 bits per heavy atom. The Hall–Kier alpha value is -5.30. The number of hydrogen-bond acceptors (Lipinski definition) is 7. The van der Waals surface area contributed by atoms with Crippen LogP contribution in [0.1, 0.15) is 28.2 Å². The third kappa shape index (κ3) is 4.30. The molecule has 0 aliphatic rings. The van der Waals surface area contributed by atoms with Gasteiger partial charge in [-0.05, 0) is 35.9 Å². The van der Waals surface area contributed by atoms with E-state index >= 15 is 0 Å². The van der Waals surface area contributed by atoms with Crippen molar-refractivity contribution < 1.29 is 23.8 Å². The predicted molar refractivity (Wildman–Crippen MR) is 146 cm³/mol. The van der Waals surface area contributed by atoms with Crippen LogP contribution in [0.25, 0.3) is 21.9 Å². The molecule has 6 rings (SSSR count). The van der Waals surface area contributed by atoms with Gasteiger partial charge in [-0.15, -0.1) is 0 Å². The lowest BCUT2D eigenvalue weighted by atomic mass is 9.84. The van der Waals surface area contributed by atoms with Crippen LogP contribution >= 0.6 is 0 Å². The van der Waals surface area contributed by atoms with Gasteiger partial charge in [-0.25, -0.2) is 9.59 Å². The van der Waals surface area contributed by atoms with Crippen LogP contribution in [0.3, 0.4) is 0 Å². The molecule has 7 heteroatoms. The van der Waals surface area contributed by atoms with E-state index < -0.39 is 17.2 Å². The average molecular weight is 519 g/mol. The van der Waals surface area contributed by atoms with Crippen molar-refractivity contribution in [3.63, 3.8) is 0 Å². The molecule has 0 unspecified atom stereocenters. The average Bonchev–Trinajstić information content (AvgIpc) is 2.96. The number of aromatic hydroxyl groups is 2. The molecule has 0 aliphatic carbocycles. The van der Waals surface area contributed by atoms with Crippen molar-refractivity contribution in [1.82, 2.24) is 0 Å². The maximum Gasteiger partial charge on any atom is 0.344 e. The lowest BCUT2D eigenvalue weighted by Crippen LogP contribution is -2.22. The Morgan fingerprint density at radius 1 is 0.615 bits per heavy atom. The fraction of sp³-hybridized carbons (Fsp3) is 0.0625. The minimum Gasteiger partial charge on any atom is -0.507 e. The predicted octanol–water partition coefficient (Wildman–Crippen LogP) is 6.07. The highest BCUT2D eigenvalue weighted by atomic mass is 16.5. The maximum absolute atomic E-state index is 13.4. The third-order valence-corrected chi connectivity index (χ3v) is 6.68. The highest BCUT2D eigenvalue weighted by Gasteiger charge is 2.34. The standard InChI is InChI=1S/C32H22O7/c33-29-21-13-5-8-16-24(21)38-31(35)27(29)26(28-30(34)22-14-6-9-17-25(22)39-32(28)36)20-12-4-7-15-23(20)37-18-19-10-2-1-3-11-19/h1-17,26,33-34H,18H2. The molecule has 0 saturated carbocycles. The topological polar surface area (TPSA) is 110 Å². The summed E-state index contributed by atoms with van der Waals surface area (Å²) in [6.07, 6.45) is 0. The second-order valence-electron chi connectivity index (χ2n) is 9.04. The molecule has 4 aromatic carbocycles. The van der Waals surface area contributed by atoms with E-state index in [1.165, 1.54) is 0 Å². The number of fused-ring (bicyclic) bond motifs is 2. The van der Waals surface area contributed by atoms with Crippen molar-refractivity contribution in [3.8, 4) is 17.2 Å². The zero-order chi connectivity index (χ0) is 26.9. The van der Waals surface area contributed by atoms with Crippen LogP contribution in [-0.2, 0) is 6.61 Å². The van der Waals surface area contributed by atoms with Gasteiger partial charge in [0.05, 0.1) is 27.8 Å². The molecule has 2 aromatic heterocycles. The van der Waals surface area contributed by atoms with Crippen LogP contribution in [0.4, 0.5) is 0 Å².